The van der Waals surface area contributed by atoms with Crippen molar-refractivity contribution >= 4 is 27.8 Å². The fourth-order valence-corrected chi connectivity index (χ4v) is 5.24. The fraction of sp³-hybridized carbons (Fsp3) is 0.346. The first-order valence-corrected chi connectivity index (χ1v) is 11.5. The molecule has 2 N–H and O–H groups in total. The van der Waals surface area contributed by atoms with E-state index in [4.69, 9.17) is 4.74 Å². The molecule has 5 rings (SSSR count). The molecule has 1 aliphatic heterocycles. The van der Waals surface area contributed by atoms with Gasteiger partial charge in [-0.15, -0.1) is 0 Å². The van der Waals surface area contributed by atoms with Gasteiger partial charge in [-0.05, 0) is 36.6 Å². The van der Waals surface area contributed by atoms with Gasteiger partial charge in [-0.1, -0.05) is 13.8 Å². The minimum Gasteiger partial charge on any atom is -0.479 e. The Kier molecular flexibility index (Phi) is 5.75. The molecule has 10 heteroatoms. The van der Waals surface area contributed by atoms with Crippen molar-refractivity contribution in [2.24, 2.45) is 0 Å². The van der Waals surface area contributed by atoms with E-state index in [1.54, 1.807) is 10.6 Å². The van der Waals surface area contributed by atoms with Crippen LogP contribution in [0.4, 0.5) is 13.2 Å². The quantitative estimate of drug-likeness (QED) is 0.382. The minimum atomic E-state index is -1.06. The molecule has 3 heterocycles. The Balaban J connectivity index is 1.88. The number of hydrogen-bond donors (Lipinski definition) is 2. The normalized spacial score (nSPS) is 18.6. The predicted molar refractivity (Wildman–Crippen MR) is 125 cm³/mol. The number of fused-ring (bicyclic) bond motifs is 2. The standard InChI is InChI=1S/C26H23F3N4O3/c1-26(2,7-8-30)24-20(13-3-6-19(25(34)35)36-12-13)21-18(9-14-11-31-32-23(14)22(21)29)33(24)15-4-5-16(27)17(28)10-15/h4-5,9-11,13,19H,3,6-7,12H2,1-2H3,(H,31,32)(H,34,35)/t13-,19+/m0/s1. The van der Waals surface area contributed by atoms with Crippen molar-refractivity contribution in [3.05, 3.63) is 59.2 Å². The number of benzene rings is 2. The first-order chi connectivity index (χ1) is 17.1. The summed E-state index contributed by atoms with van der Waals surface area (Å²) >= 11 is 0. The smallest absolute Gasteiger partial charge is 0.332 e. The number of ether oxygens (including phenoxy) is 1. The Bertz CT molecular complexity index is 1540. The van der Waals surface area contributed by atoms with Gasteiger partial charge in [0.1, 0.15) is 5.52 Å². The number of carbonyl (C=O) groups is 1. The number of rotatable bonds is 5. The molecule has 0 radical (unpaired) electrons. The highest BCUT2D eigenvalue weighted by molar-refractivity contribution is 6.00. The van der Waals surface area contributed by atoms with Gasteiger partial charge in [-0.2, -0.15) is 10.4 Å². The van der Waals surface area contributed by atoms with Crippen LogP contribution in [0.1, 0.15) is 50.3 Å². The lowest BCUT2D eigenvalue weighted by atomic mass is 9.78. The van der Waals surface area contributed by atoms with Crippen molar-refractivity contribution in [3.8, 4) is 11.8 Å². The molecule has 1 saturated heterocycles. The van der Waals surface area contributed by atoms with Crippen LogP contribution in [0.25, 0.3) is 27.5 Å². The maximum atomic E-state index is 16.1. The summed E-state index contributed by atoms with van der Waals surface area (Å²) in [6.07, 6.45) is 1.21. The maximum absolute atomic E-state index is 16.1. The second kappa shape index (κ2) is 8.68. The van der Waals surface area contributed by atoms with E-state index in [2.05, 4.69) is 16.3 Å². The predicted octanol–water partition coefficient (Wildman–Crippen LogP) is 5.46. The van der Waals surface area contributed by atoms with Gasteiger partial charge in [-0.3, -0.25) is 5.10 Å². The molecule has 1 fully saturated rings. The third-order valence-corrected chi connectivity index (χ3v) is 6.93. The number of nitrogens with one attached hydrogen (secondary N) is 1. The zero-order valence-corrected chi connectivity index (χ0v) is 19.6. The highest BCUT2D eigenvalue weighted by Gasteiger charge is 2.38. The summed E-state index contributed by atoms with van der Waals surface area (Å²) in [6, 6.07) is 7.35. The Morgan fingerprint density at radius 3 is 2.69 bits per heavy atom. The second-order valence-electron chi connectivity index (χ2n) is 9.77. The average Bonchev–Trinajstić information content (AvgIpc) is 3.45. The zero-order valence-electron chi connectivity index (χ0n) is 19.6. The van der Waals surface area contributed by atoms with E-state index < -0.39 is 40.9 Å². The molecule has 0 amide bonds. The summed E-state index contributed by atoms with van der Waals surface area (Å²) in [7, 11) is 0. The first-order valence-electron chi connectivity index (χ1n) is 11.5. The summed E-state index contributed by atoms with van der Waals surface area (Å²) in [5, 5.41) is 26.3. The monoisotopic (exact) mass is 496 g/mol. The minimum absolute atomic E-state index is 0.0317. The Morgan fingerprint density at radius 2 is 2.06 bits per heavy atom. The lowest BCUT2D eigenvalue weighted by Gasteiger charge is -2.32. The van der Waals surface area contributed by atoms with Gasteiger partial charge in [0.15, 0.2) is 23.6 Å². The van der Waals surface area contributed by atoms with E-state index in [-0.39, 0.29) is 36.0 Å². The molecule has 186 valence electrons. The highest BCUT2D eigenvalue weighted by atomic mass is 19.2. The van der Waals surface area contributed by atoms with Crippen LogP contribution < -0.4 is 0 Å². The molecule has 0 unspecified atom stereocenters. The number of H-pyrrole nitrogens is 1. The lowest BCUT2D eigenvalue weighted by molar-refractivity contribution is -0.153. The molecule has 1 aliphatic rings. The molecule has 2 aromatic heterocycles. The SMILES string of the molecule is CC(C)(CC#N)c1c([C@H]2CC[C@H](C(=O)O)OC2)c2c(F)c3[nH]ncc3cc2n1-c1ccc(F)c(F)c1. The number of aromatic nitrogens is 3. The van der Waals surface area contributed by atoms with Gasteiger partial charge in [0, 0.05) is 46.0 Å². The second-order valence-corrected chi connectivity index (χ2v) is 9.77. The summed E-state index contributed by atoms with van der Waals surface area (Å²) in [6.45, 7) is 3.70. The van der Waals surface area contributed by atoms with Crippen LogP contribution in [0.3, 0.4) is 0 Å². The number of nitriles is 1. The molecular weight excluding hydrogens is 473 g/mol. The third-order valence-electron chi connectivity index (χ3n) is 6.93. The van der Waals surface area contributed by atoms with Gasteiger partial charge < -0.3 is 14.4 Å². The number of nitrogens with zero attached hydrogens (tertiary/aromatic N) is 3. The van der Waals surface area contributed by atoms with Crippen LogP contribution in [0.15, 0.2) is 30.5 Å². The van der Waals surface area contributed by atoms with Crippen molar-refractivity contribution < 1.29 is 27.8 Å². The summed E-state index contributed by atoms with van der Waals surface area (Å²) in [5.74, 6) is -4.09. The number of carboxylic acids is 1. The summed E-state index contributed by atoms with van der Waals surface area (Å²) in [4.78, 5) is 11.4. The van der Waals surface area contributed by atoms with Crippen molar-refractivity contribution in [2.75, 3.05) is 6.61 Å². The van der Waals surface area contributed by atoms with E-state index in [0.717, 1.165) is 12.1 Å². The number of halogens is 3. The molecule has 36 heavy (non-hydrogen) atoms. The molecule has 2 aromatic carbocycles. The maximum Gasteiger partial charge on any atom is 0.332 e. The number of aliphatic carboxylic acids is 1. The zero-order chi connectivity index (χ0) is 25.8. The highest BCUT2D eigenvalue weighted by Crippen LogP contribution is 2.46. The van der Waals surface area contributed by atoms with Gasteiger partial charge in [0.25, 0.3) is 0 Å². The average molecular weight is 496 g/mol. The summed E-state index contributed by atoms with van der Waals surface area (Å²) in [5.41, 5.74) is 1.16. The lowest BCUT2D eigenvalue weighted by Crippen LogP contribution is -2.32. The summed E-state index contributed by atoms with van der Waals surface area (Å²) < 4.78 is 51.7. The molecule has 0 spiro atoms. The van der Waals surface area contributed by atoms with Crippen LogP contribution in [0.5, 0.6) is 0 Å². The van der Waals surface area contributed by atoms with Gasteiger partial charge in [0.05, 0.1) is 24.4 Å². The van der Waals surface area contributed by atoms with E-state index in [0.29, 0.717) is 28.6 Å². The largest absolute Gasteiger partial charge is 0.479 e. The van der Waals surface area contributed by atoms with E-state index in [9.17, 15) is 23.9 Å². The number of hydrogen-bond acceptors (Lipinski definition) is 4. The molecule has 2 atom stereocenters. The number of aromatic amines is 1. The Morgan fingerprint density at radius 1 is 1.28 bits per heavy atom. The molecule has 7 nitrogen and oxygen atoms in total. The van der Waals surface area contributed by atoms with Crippen molar-refractivity contribution in [3.63, 3.8) is 0 Å². The van der Waals surface area contributed by atoms with E-state index in [1.807, 2.05) is 13.8 Å². The Hall–Kier alpha value is -3.84. The molecular formula is C26H23F3N4O3. The number of carboxylic acid groups (broad SMARTS) is 1. The van der Waals surface area contributed by atoms with Crippen LogP contribution >= 0.6 is 0 Å². The van der Waals surface area contributed by atoms with Gasteiger partial charge in [-0.25, -0.2) is 18.0 Å². The van der Waals surface area contributed by atoms with Crippen LogP contribution in [0.2, 0.25) is 0 Å². The molecule has 0 bridgehead atoms. The van der Waals surface area contributed by atoms with Gasteiger partial charge in [0.2, 0.25) is 0 Å². The van der Waals surface area contributed by atoms with Crippen LogP contribution in [-0.4, -0.2) is 38.6 Å². The third kappa shape index (κ3) is 3.71. The van der Waals surface area contributed by atoms with Gasteiger partial charge >= 0.3 is 5.97 Å². The van der Waals surface area contributed by atoms with Crippen LogP contribution in [0, 0.1) is 28.8 Å². The van der Waals surface area contributed by atoms with E-state index in [1.165, 1.54) is 12.3 Å². The van der Waals surface area contributed by atoms with Crippen molar-refractivity contribution in [2.45, 2.75) is 50.5 Å². The van der Waals surface area contributed by atoms with Crippen LogP contribution in [-0.2, 0) is 14.9 Å². The van der Waals surface area contributed by atoms with Crippen molar-refractivity contribution in [1.82, 2.24) is 14.8 Å². The molecule has 0 saturated carbocycles. The topological polar surface area (TPSA) is 104 Å². The van der Waals surface area contributed by atoms with E-state index >= 15 is 4.39 Å². The Labute approximate surface area is 204 Å². The first kappa shape index (κ1) is 23.9. The fourth-order valence-electron chi connectivity index (χ4n) is 5.24. The molecule has 4 aromatic rings. The molecule has 0 aliphatic carbocycles. The van der Waals surface area contributed by atoms with Crippen molar-refractivity contribution in [1.29, 1.82) is 5.26 Å².